The Morgan fingerprint density at radius 3 is 2.70 bits per heavy atom. The molecule has 1 amide bonds. The molecule has 0 aliphatic carbocycles. The third-order valence-corrected chi connectivity index (χ3v) is 5.24. The highest BCUT2D eigenvalue weighted by Crippen LogP contribution is 2.18. The van der Waals surface area contributed by atoms with Crippen molar-refractivity contribution in [1.82, 2.24) is 20.4 Å². The molecule has 3 aromatic rings. The van der Waals surface area contributed by atoms with Gasteiger partial charge in [-0.05, 0) is 50.5 Å². The van der Waals surface area contributed by atoms with E-state index in [4.69, 9.17) is 4.52 Å². The van der Waals surface area contributed by atoms with Gasteiger partial charge in [0.25, 0.3) is 11.6 Å². The molecular weight excluding hydrogens is 340 g/mol. The number of hydrogen-bond donors (Lipinski definition) is 1. The number of nitrogens with one attached hydrogen (secondary N) is 1. The number of pyridine rings is 1. The van der Waals surface area contributed by atoms with E-state index < -0.39 is 0 Å². The van der Waals surface area contributed by atoms with Crippen LogP contribution in [-0.2, 0) is 6.54 Å². The molecule has 1 aliphatic rings. The number of nitrogens with zero attached hydrogens (tertiary/aromatic N) is 3. The standard InChI is InChI=1S/C21H24N4O2/c1-14-3-5-17(6-4-14)21(26)25-9-7-18(8-10-25)22-12-16-11-19-15(2)24-27-20(19)23-13-16/h3-6,11,13,18,22H,7-10,12H2,1-2H3. The van der Waals surface area contributed by atoms with Crippen LogP contribution in [0.4, 0.5) is 0 Å². The van der Waals surface area contributed by atoms with E-state index in [1.807, 2.05) is 49.2 Å². The van der Waals surface area contributed by atoms with Crippen LogP contribution in [0.15, 0.2) is 41.1 Å². The molecule has 1 aliphatic heterocycles. The van der Waals surface area contributed by atoms with Gasteiger partial charge in [-0.15, -0.1) is 0 Å². The lowest BCUT2D eigenvalue weighted by molar-refractivity contribution is 0.0704. The number of carbonyl (C=O) groups is 1. The first-order chi connectivity index (χ1) is 13.1. The van der Waals surface area contributed by atoms with E-state index in [1.165, 1.54) is 5.56 Å². The minimum atomic E-state index is 0.131. The highest BCUT2D eigenvalue weighted by Gasteiger charge is 2.23. The van der Waals surface area contributed by atoms with Crippen LogP contribution >= 0.6 is 0 Å². The highest BCUT2D eigenvalue weighted by molar-refractivity contribution is 5.94. The van der Waals surface area contributed by atoms with E-state index in [2.05, 4.69) is 21.5 Å². The van der Waals surface area contributed by atoms with Gasteiger partial charge in [0.15, 0.2) is 0 Å². The zero-order valence-corrected chi connectivity index (χ0v) is 15.7. The quantitative estimate of drug-likeness (QED) is 0.769. The average Bonchev–Trinajstić information content (AvgIpc) is 3.07. The molecule has 1 N–H and O–H groups in total. The SMILES string of the molecule is Cc1ccc(C(=O)N2CCC(NCc3cnc4onc(C)c4c3)CC2)cc1. The second-order valence-corrected chi connectivity index (χ2v) is 7.28. The summed E-state index contributed by atoms with van der Waals surface area (Å²) in [4.78, 5) is 18.9. The third kappa shape index (κ3) is 3.85. The fourth-order valence-corrected chi connectivity index (χ4v) is 3.51. The maximum Gasteiger partial charge on any atom is 0.257 e. The number of aromatic nitrogens is 2. The van der Waals surface area contributed by atoms with Crippen LogP contribution < -0.4 is 5.32 Å². The summed E-state index contributed by atoms with van der Waals surface area (Å²) in [5, 5.41) is 8.50. The topological polar surface area (TPSA) is 71.3 Å². The molecule has 4 rings (SSSR count). The van der Waals surface area contributed by atoms with Crippen LogP contribution in [0.2, 0.25) is 0 Å². The van der Waals surface area contributed by atoms with Crippen molar-refractivity contribution in [2.24, 2.45) is 0 Å². The maximum absolute atomic E-state index is 12.6. The highest BCUT2D eigenvalue weighted by atomic mass is 16.5. The molecule has 2 aromatic heterocycles. The Bertz CT molecular complexity index is 940. The lowest BCUT2D eigenvalue weighted by Crippen LogP contribution is -2.44. The Morgan fingerprint density at radius 2 is 1.96 bits per heavy atom. The molecule has 6 heteroatoms. The summed E-state index contributed by atoms with van der Waals surface area (Å²) in [5.41, 5.74) is 4.51. The van der Waals surface area contributed by atoms with E-state index in [-0.39, 0.29) is 5.91 Å². The van der Waals surface area contributed by atoms with Crippen molar-refractivity contribution in [3.63, 3.8) is 0 Å². The van der Waals surface area contributed by atoms with Crippen molar-refractivity contribution >= 4 is 17.0 Å². The van der Waals surface area contributed by atoms with Gasteiger partial charge in [-0.25, -0.2) is 4.98 Å². The second kappa shape index (κ2) is 7.48. The van der Waals surface area contributed by atoms with Gasteiger partial charge < -0.3 is 14.7 Å². The van der Waals surface area contributed by atoms with Crippen molar-refractivity contribution in [1.29, 1.82) is 0 Å². The molecule has 0 atom stereocenters. The van der Waals surface area contributed by atoms with Crippen LogP contribution in [0.3, 0.4) is 0 Å². The monoisotopic (exact) mass is 364 g/mol. The Kier molecular flexibility index (Phi) is 4.90. The van der Waals surface area contributed by atoms with E-state index in [9.17, 15) is 4.79 Å². The number of benzene rings is 1. The van der Waals surface area contributed by atoms with Gasteiger partial charge in [0.2, 0.25) is 0 Å². The van der Waals surface area contributed by atoms with Crippen molar-refractivity contribution in [3.05, 3.63) is 58.9 Å². The molecule has 0 bridgehead atoms. The summed E-state index contributed by atoms with van der Waals surface area (Å²) in [7, 11) is 0. The van der Waals surface area contributed by atoms with E-state index in [1.54, 1.807) is 0 Å². The number of carbonyl (C=O) groups excluding carboxylic acids is 1. The summed E-state index contributed by atoms with van der Waals surface area (Å²) < 4.78 is 5.16. The third-order valence-electron chi connectivity index (χ3n) is 5.24. The Labute approximate surface area is 158 Å². The second-order valence-electron chi connectivity index (χ2n) is 7.28. The normalized spacial score (nSPS) is 15.4. The molecule has 1 saturated heterocycles. The molecule has 1 fully saturated rings. The van der Waals surface area contributed by atoms with Crippen LogP contribution in [0.1, 0.15) is 40.0 Å². The van der Waals surface area contributed by atoms with E-state index in [0.29, 0.717) is 11.8 Å². The predicted molar refractivity (Wildman–Crippen MR) is 103 cm³/mol. The molecule has 3 heterocycles. The van der Waals surface area contributed by atoms with Crippen LogP contribution in [0, 0.1) is 13.8 Å². The van der Waals surface area contributed by atoms with Gasteiger partial charge in [-0.3, -0.25) is 4.79 Å². The fraction of sp³-hybridized carbons (Fsp3) is 0.381. The number of amides is 1. The summed E-state index contributed by atoms with van der Waals surface area (Å²) in [6.07, 6.45) is 3.75. The first kappa shape index (κ1) is 17.7. The lowest BCUT2D eigenvalue weighted by atomic mass is 10.0. The van der Waals surface area contributed by atoms with Crippen LogP contribution in [-0.4, -0.2) is 40.1 Å². The van der Waals surface area contributed by atoms with Crippen molar-refractivity contribution in [2.45, 2.75) is 39.3 Å². The molecule has 140 valence electrons. The first-order valence-corrected chi connectivity index (χ1v) is 9.40. The number of piperidine rings is 1. The molecule has 27 heavy (non-hydrogen) atoms. The molecule has 0 radical (unpaired) electrons. The van der Waals surface area contributed by atoms with Gasteiger partial charge in [0.1, 0.15) is 0 Å². The first-order valence-electron chi connectivity index (χ1n) is 9.40. The number of fused-ring (bicyclic) bond motifs is 1. The molecule has 0 saturated carbocycles. The number of hydrogen-bond acceptors (Lipinski definition) is 5. The smallest absolute Gasteiger partial charge is 0.257 e. The fourth-order valence-electron chi connectivity index (χ4n) is 3.51. The van der Waals surface area contributed by atoms with Gasteiger partial charge in [-0.1, -0.05) is 22.9 Å². The minimum Gasteiger partial charge on any atom is -0.339 e. The van der Waals surface area contributed by atoms with Gasteiger partial charge >= 0.3 is 0 Å². The summed E-state index contributed by atoms with van der Waals surface area (Å²) in [6, 6.07) is 10.3. The molecule has 0 spiro atoms. The lowest BCUT2D eigenvalue weighted by Gasteiger charge is -2.32. The van der Waals surface area contributed by atoms with E-state index >= 15 is 0 Å². The summed E-state index contributed by atoms with van der Waals surface area (Å²) >= 11 is 0. The Hall–Kier alpha value is -2.73. The molecule has 0 unspecified atom stereocenters. The van der Waals surface area contributed by atoms with E-state index in [0.717, 1.165) is 54.7 Å². The zero-order chi connectivity index (χ0) is 18.8. The minimum absolute atomic E-state index is 0.131. The maximum atomic E-state index is 12.6. The van der Waals surface area contributed by atoms with Crippen molar-refractivity contribution in [2.75, 3.05) is 13.1 Å². The summed E-state index contributed by atoms with van der Waals surface area (Å²) in [5.74, 6) is 0.131. The molecular formula is C21H24N4O2. The van der Waals surface area contributed by atoms with Crippen LogP contribution in [0.5, 0.6) is 0 Å². The number of rotatable bonds is 4. The predicted octanol–water partition coefficient (Wildman–Crippen LogP) is 3.23. The molecule has 6 nitrogen and oxygen atoms in total. The molecule has 1 aromatic carbocycles. The number of likely N-dealkylation sites (tertiary alicyclic amines) is 1. The summed E-state index contributed by atoms with van der Waals surface area (Å²) in [6.45, 7) is 6.28. The average molecular weight is 364 g/mol. The van der Waals surface area contributed by atoms with Gasteiger partial charge in [0, 0.05) is 37.4 Å². The largest absolute Gasteiger partial charge is 0.339 e. The van der Waals surface area contributed by atoms with Gasteiger partial charge in [0.05, 0.1) is 11.1 Å². The van der Waals surface area contributed by atoms with Crippen LogP contribution in [0.25, 0.3) is 11.1 Å². The van der Waals surface area contributed by atoms with Gasteiger partial charge in [-0.2, -0.15) is 0 Å². The van der Waals surface area contributed by atoms with Crippen molar-refractivity contribution < 1.29 is 9.32 Å². The zero-order valence-electron chi connectivity index (χ0n) is 15.7. The van der Waals surface area contributed by atoms with Crippen molar-refractivity contribution in [3.8, 4) is 0 Å². The Balaban J connectivity index is 1.30. The number of aryl methyl sites for hydroxylation is 2. The Morgan fingerprint density at radius 1 is 1.22 bits per heavy atom.